The molecule has 0 unspecified atom stereocenters. The first kappa shape index (κ1) is 21.9. The fourth-order valence-corrected chi connectivity index (χ4v) is 4.17. The van der Waals surface area contributed by atoms with Gasteiger partial charge in [0, 0.05) is 22.1 Å². The summed E-state index contributed by atoms with van der Waals surface area (Å²) in [5.74, 6) is 1.28. The third-order valence-electron chi connectivity index (χ3n) is 5.98. The molecule has 160 valence electrons. The van der Waals surface area contributed by atoms with E-state index in [4.69, 9.17) is 27.0 Å². The maximum Gasteiger partial charge on any atom is 0.142 e. The van der Waals surface area contributed by atoms with Crippen LogP contribution in [-0.2, 0) is 16.2 Å². The monoisotopic (exact) mass is 406 g/mol. The normalized spacial score (nSPS) is 15.1. The summed E-state index contributed by atoms with van der Waals surface area (Å²) in [4.78, 5) is 0. The number of fused-ring (bicyclic) bond motifs is 2. The molecule has 6 N–H and O–H groups in total. The summed E-state index contributed by atoms with van der Waals surface area (Å²) in [5, 5.41) is 16.2. The van der Waals surface area contributed by atoms with Crippen molar-refractivity contribution in [3.8, 4) is 11.5 Å². The molecule has 1 aliphatic heterocycles. The molecule has 0 saturated heterocycles. The smallest absolute Gasteiger partial charge is 0.142 e. The van der Waals surface area contributed by atoms with Crippen molar-refractivity contribution >= 4 is 11.7 Å². The van der Waals surface area contributed by atoms with Gasteiger partial charge >= 0.3 is 0 Å². The maximum atomic E-state index is 8.19. The number of amidine groups is 2. The van der Waals surface area contributed by atoms with Gasteiger partial charge in [0.15, 0.2) is 0 Å². The first-order valence-electron chi connectivity index (χ1n) is 10.3. The van der Waals surface area contributed by atoms with E-state index in [1.54, 1.807) is 0 Å². The zero-order valence-electron chi connectivity index (χ0n) is 19.4. The SMILES string of the molecule is CC(C)(C)c1cc(C(=N)N)c2c(c1)C(C)(C)c1c(cc(C(=N)N)cc1C(C)(C)C)O2. The van der Waals surface area contributed by atoms with Crippen molar-refractivity contribution in [3.63, 3.8) is 0 Å². The number of hydrogen-bond donors (Lipinski definition) is 4. The van der Waals surface area contributed by atoms with Crippen molar-refractivity contribution in [1.82, 2.24) is 0 Å². The highest BCUT2D eigenvalue weighted by atomic mass is 16.5. The summed E-state index contributed by atoms with van der Waals surface area (Å²) < 4.78 is 6.43. The minimum Gasteiger partial charge on any atom is -0.456 e. The highest BCUT2D eigenvalue weighted by Gasteiger charge is 2.41. The molecule has 5 nitrogen and oxygen atoms in total. The lowest BCUT2D eigenvalue weighted by Crippen LogP contribution is -2.32. The zero-order chi connectivity index (χ0) is 22.8. The molecule has 0 amide bonds. The molecule has 5 heteroatoms. The molecule has 0 aromatic heterocycles. The molecule has 3 rings (SSSR count). The molecule has 2 aromatic rings. The Morgan fingerprint density at radius 2 is 1.47 bits per heavy atom. The van der Waals surface area contributed by atoms with Crippen molar-refractivity contribution in [3.05, 3.63) is 57.6 Å². The molecule has 0 saturated carbocycles. The van der Waals surface area contributed by atoms with Crippen LogP contribution in [0.3, 0.4) is 0 Å². The van der Waals surface area contributed by atoms with Gasteiger partial charge in [0.1, 0.15) is 23.2 Å². The van der Waals surface area contributed by atoms with Crippen LogP contribution in [0, 0.1) is 10.8 Å². The minimum atomic E-state index is -0.383. The van der Waals surface area contributed by atoms with Crippen molar-refractivity contribution in [2.24, 2.45) is 11.5 Å². The number of ether oxygens (including phenoxy) is 1. The average molecular weight is 407 g/mol. The Morgan fingerprint density at radius 1 is 0.867 bits per heavy atom. The van der Waals surface area contributed by atoms with E-state index in [2.05, 4.69) is 61.5 Å². The number of benzene rings is 2. The van der Waals surface area contributed by atoms with Gasteiger partial charge in [0.05, 0.1) is 5.56 Å². The van der Waals surface area contributed by atoms with Gasteiger partial charge < -0.3 is 16.2 Å². The Bertz CT molecular complexity index is 1070. The fraction of sp³-hybridized carbons (Fsp3) is 0.440. The van der Waals surface area contributed by atoms with Gasteiger partial charge in [-0.25, -0.2) is 0 Å². The van der Waals surface area contributed by atoms with Crippen LogP contribution in [0.5, 0.6) is 11.5 Å². The van der Waals surface area contributed by atoms with E-state index in [0.717, 1.165) is 22.3 Å². The van der Waals surface area contributed by atoms with Crippen molar-refractivity contribution < 1.29 is 4.74 Å². The van der Waals surface area contributed by atoms with E-state index >= 15 is 0 Å². The Balaban J connectivity index is 2.43. The van der Waals surface area contributed by atoms with E-state index in [1.165, 1.54) is 0 Å². The summed E-state index contributed by atoms with van der Waals surface area (Å²) in [6, 6.07) is 7.99. The molecule has 0 fully saturated rings. The highest BCUT2D eigenvalue weighted by Crippen LogP contribution is 2.53. The molecule has 0 atom stereocenters. The van der Waals surface area contributed by atoms with Crippen LogP contribution in [0.1, 0.15) is 88.8 Å². The molecule has 0 spiro atoms. The van der Waals surface area contributed by atoms with Crippen LogP contribution < -0.4 is 16.2 Å². The third kappa shape index (κ3) is 3.47. The van der Waals surface area contributed by atoms with Crippen molar-refractivity contribution in [2.75, 3.05) is 0 Å². The molecular formula is C25H34N4O. The Kier molecular flexibility index (Phi) is 4.81. The van der Waals surface area contributed by atoms with E-state index in [-0.39, 0.29) is 27.9 Å². The molecule has 0 bridgehead atoms. The van der Waals surface area contributed by atoms with Crippen LogP contribution in [0.2, 0.25) is 0 Å². The van der Waals surface area contributed by atoms with Crippen LogP contribution in [0.25, 0.3) is 0 Å². The minimum absolute atomic E-state index is 0.00498. The number of nitrogens with two attached hydrogens (primary N) is 2. The van der Waals surface area contributed by atoms with Gasteiger partial charge in [0.25, 0.3) is 0 Å². The van der Waals surface area contributed by atoms with E-state index in [1.807, 2.05) is 18.2 Å². The Hall–Kier alpha value is -2.82. The predicted molar refractivity (Wildman–Crippen MR) is 125 cm³/mol. The fourth-order valence-electron chi connectivity index (χ4n) is 4.17. The summed E-state index contributed by atoms with van der Waals surface area (Å²) in [6.07, 6.45) is 0. The lowest BCUT2D eigenvalue weighted by atomic mass is 9.67. The molecule has 1 heterocycles. The molecular weight excluding hydrogens is 372 g/mol. The Morgan fingerprint density at radius 3 is 1.93 bits per heavy atom. The summed E-state index contributed by atoms with van der Waals surface area (Å²) >= 11 is 0. The largest absolute Gasteiger partial charge is 0.456 e. The second kappa shape index (κ2) is 6.59. The predicted octanol–water partition coefficient (Wildman–Crippen LogP) is 5.28. The molecule has 30 heavy (non-hydrogen) atoms. The van der Waals surface area contributed by atoms with Crippen molar-refractivity contribution in [2.45, 2.75) is 71.6 Å². The van der Waals surface area contributed by atoms with E-state index in [9.17, 15) is 0 Å². The number of nitrogen functional groups attached to an aromatic ring is 2. The molecule has 1 aliphatic rings. The van der Waals surface area contributed by atoms with Gasteiger partial charge in [-0.2, -0.15) is 0 Å². The first-order valence-corrected chi connectivity index (χ1v) is 10.3. The van der Waals surface area contributed by atoms with Crippen LogP contribution in [0.15, 0.2) is 24.3 Å². The summed E-state index contributed by atoms with van der Waals surface area (Å²) in [5.41, 5.74) is 16.7. The number of rotatable bonds is 2. The first-order chi connectivity index (χ1) is 13.5. The van der Waals surface area contributed by atoms with Gasteiger partial charge in [0.2, 0.25) is 0 Å². The van der Waals surface area contributed by atoms with E-state index < -0.39 is 0 Å². The Labute approximate surface area is 179 Å². The second-order valence-corrected chi connectivity index (χ2v) is 10.9. The average Bonchev–Trinajstić information content (AvgIpc) is 2.58. The quantitative estimate of drug-likeness (QED) is 0.402. The van der Waals surface area contributed by atoms with Gasteiger partial charge in [-0.15, -0.1) is 0 Å². The standard InChI is InChI=1S/C25H34N4O/c1-23(2,3)14-11-15(22(28)29)20-17(12-14)25(7,8)19-16(24(4,5)6)9-13(21(26)27)10-18(19)30-20/h9-12H,1-8H3,(H3,26,27)(H3,28,29). The summed E-state index contributed by atoms with van der Waals surface area (Å²) in [7, 11) is 0. The third-order valence-corrected chi connectivity index (χ3v) is 5.98. The van der Waals surface area contributed by atoms with Gasteiger partial charge in [-0.05, 0) is 40.2 Å². The molecule has 0 aliphatic carbocycles. The number of hydrogen-bond acceptors (Lipinski definition) is 3. The van der Waals surface area contributed by atoms with Crippen LogP contribution in [-0.4, -0.2) is 11.7 Å². The number of nitrogens with one attached hydrogen (secondary N) is 2. The molecule has 0 radical (unpaired) electrons. The maximum absolute atomic E-state index is 8.19. The van der Waals surface area contributed by atoms with Gasteiger partial charge in [-0.1, -0.05) is 61.5 Å². The van der Waals surface area contributed by atoms with E-state index in [0.29, 0.717) is 22.6 Å². The lowest BCUT2D eigenvalue weighted by molar-refractivity contribution is 0.406. The molecule has 2 aromatic carbocycles. The van der Waals surface area contributed by atoms with Crippen LogP contribution >= 0.6 is 0 Å². The second-order valence-electron chi connectivity index (χ2n) is 10.9. The zero-order valence-corrected chi connectivity index (χ0v) is 19.4. The topological polar surface area (TPSA) is 109 Å². The lowest BCUT2D eigenvalue weighted by Gasteiger charge is -2.40. The van der Waals surface area contributed by atoms with Crippen LogP contribution in [0.4, 0.5) is 0 Å². The summed E-state index contributed by atoms with van der Waals surface area (Å²) in [6.45, 7) is 17.3. The highest BCUT2D eigenvalue weighted by molar-refractivity contribution is 5.99. The van der Waals surface area contributed by atoms with Gasteiger partial charge in [-0.3, -0.25) is 10.8 Å². The van der Waals surface area contributed by atoms with Crippen molar-refractivity contribution in [1.29, 1.82) is 10.8 Å².